The Morgan fingerprint density at radius 3 is 0.605 bits per heavy atom. The van der Waals surface area contributed by atoms with Crippen LogP contribution in [-0.2, 0) is 53.1 Å². The number of halogens is 13. The fourth-order valence-corrected chi connectivity index (χ4v) is 19.9. The van der Waals surface area contributed by atoms with Crippen LogP contribution in [-0.4, -0.2) is 236 Å². The smallest absolute Gasteiger partial charge is 0.503 e. The maximum Gasteiger partial charge on any atom is 0.503 e. The lowest BCUT2D eigenvalue weighted by Crippen LogP contribution is -2.44. The molecule has 0 fully saturated rings. The first-order valence-corrected chi connectivity index (χ1v) is 60.7. The zero-order valence-electron chi connectivity index (χ0n) is 77.3. The molecule has 0 aliphatic carbocycles. The highest BCUT2D eigenvalue weighted by Crippen LogP contribution is 2.42. The predicted octanol–water partition coefficient (Wildman–Crippen LogP) is 27.4. The van der Waals surface area contributed by atoms with Gasteiger partial charge in [-0.2, -0.15) is 0 Å². The van der Waals surface area contributed by atoms with E-state index in [-0.39, 0.29) is 11.5 Å². The molecule has 0 saturated carbocycles. The molecule has 2 N–H and O–H groups in total. The number of phenolic OH excluding ortho intramolecular Hbond substituents is 2. The Morgan fingerprint density at radius 1 is 0.295 bits per heavy atom. The minimum absolute atomic E-state index is 0.102. The maximum atomic E-state index is 9.04. The van der Waals surface area contributed by atoms with Gasteiger partial charge in [-0.25, -0.2) is 0 Å². The lowest BCUT2D eigenvalue weighted by atomic mass is 10.3. The van der Waals surface area contributed by atoms with Crippen LogP contribution in [0.3, 0.4) is 0 Å². The fraction of sp³-hybridized carbons (Fsp3) is 0.465. The molecule has 6 aromatic rings. The molecule has 0 saturated heterocycles. The Hall–Kier alpha value is -1.77. The van der Waals surface area contributed by atoms with Gasteiger partial charge in [-0.05, 0) is 302 Å². The van der Waals surface area contributed by atoms with E-state index < -0.39 is 44.0 Å². The van der Waals surface area contributed by atoms with Crippen LogP contribution in [0.4, 0.5) is 0 Å². The van der Waals surface area contributed by atoms with Gasteiger partial charge in [0, 0.05) is 99.3 Å². The van der Waals surface area contributed by atoms with Crippen molar-refractivity contribution in [3.8, 4) is 69.0 Å². The minimum atomic E-state index is -2.62. The number of phenols is 2. The van der Waals surface area contributed by atoms with E-state index in [0.717, 1.165) is 128 Å². The summed E-state index contributed by atoms with van der Waals surface area (Å²) >= 11 is 45.9. The summed E-state index contributed by atoms with van der Waals surface area (Å²) in [7, 11) is 8.42. The number of hydrogen-bond acceptors (Lipinski definition) is 25. The van der Waals surface area contributed by atoms with Gasteiger partial charge in [0.15, 0.2) is 0 Å². The van der Waals surface area contributed by atoms with E-state index in [1.807, 2.05) is 60.7 Å². The molecule has 0 radical (unpaired) electrons. The van der Waals surface area contributed by atoms with E-state index >= 15 is 0 Å². The normalized spacial score (nSPS) is 10.8. The van der Waals surface area contributed by atoms with Crippen molar-refractivity contribution in [2.75, 3.05) is 177 Å². The van der Waals surface area contributed by atoms with Crippen molar-refractivity contribution in [1.29, 1.82) is 0 Å². The van der Waals surface area contributed by atoms with Crippen molar-refractivity contribution < 1.29 is 111 Å². The number of benzene rings is 6. The van der Waals surface area contributed by atoms with Gasteiger partial charge in [-0.15, -0.1) is 18.2 Å². The number of aromatic hydroxyl groups is 2. The van der Waals surface area contributed by atoms with Crippen LogP contribution >= 0.6 is 203 Å². The molecule has 129 heavy (non-hydrogen) atoms. The molecule has 0 aliphatic rings. The molecule has 6 rings (SSSR count). The van der Waals surface area contributed by atoms with Crippen molar-refractivity contribution in [1.82, 2.24) is 4.90 Å². The van der Waals surface area contributed by atoms with Gasteiger partial charge in [-0.1, -0.05) is 111 Å². The number of hydrogen-bond donors (Lipinski definition) is 2. The lowest BCUT2D eigenvalue weighted by Gasteiger charge is -2.24. The third-order valence-corrected chi connectivity index (χ3v) is 34.8. The standard InChI is InChI=1S/C16H28Br2O5Si2.2C14H22Br2O5Si.2C12H12Br2O2.C6H4Br2O2.C6H15N.C3H5Cl.C3H10O3Si/c1-19-25(20-2,21-3)10-8-23-16-12-13(17)15(11-14(16)18)22-7-9-24(4,5)6;2*1-5-6-20-13-9-12(16)14(10-11(13)15)21-7-8-22(17-2,18-3)19-4;2*1-3-5-15-11-7-10(14)12(8-9(11)13)16-6-4-2;7-3-1-5(9)4(8)2-6(3)10;1-4-7(5-2)6-3;1-2-3-4;1-4-7(5-2)6-3/h11-12H,7-10H2,1-6H3;2*9-10H,5-8H2,1-4H3;2*3-4,7-8H,1-2,5-6H2;1-2,9-10H;4-6H2,1-3H3;2H,1,3H2;7H,1-3H3. The number of rotatable bonds is 50. The molecule has 0 atom stereocenters. The quantitative estimate of drug-likeness (QED) is 0.0156. The van der Waals surface area contributed by atoms with Gasteiger partial charge in [0.25, 0.3) is 0 Å². The van der Waals surface area contributed by atoms with Crippen molar-refractivity contribution in [3.63, 3.8) is 0 Å². The van der Waals surface area contributed by atoms with E-state index in [9.17, 15) is 0 Å². The highest BCUT2D eigenvalue weighted by atomic mass is 79.9. The highest BCUT2D eigenvalue weighted by molar-refractivity contribution is 9.12. The predicted molar refractivity (Wildman–Crippen MR) is 576 cm³/mol. The second kappa shape index (κ2) is 78.1. The van der Waals surface area contributed by atoms with Crippen LogP contribution in [0.25, 0.3) is 0 Å². The average Bonchev–Trinajstić information content (AvgIpc) is 0.852. The molecular formula is C86H130Br12ClNO24Si5. The Bertz CT molecular complexity index is 3740. The summed E-state index contributed by atoms with van der Waals surface area (Å²) < 4.78 is 129. The van der Waals surface area contributed by atoms with E-state index in [2.05, 4.69) is 283 Å². The summed E-state index contributed by atoms with van der Waals surface area (Å²) in [5, 5.41) is 18.1. The first kappa shape index (κ1) is 131. The molecule has 43 heteroatoms. The second-order valence-corrected chi connectivity index (χ2v) is 53.8. The summed E-state index contributed by atoms with van der Waals surface area (Å²) in [6.07, 6.45) is 10.3. The van der Waals surface area contributed by atoms with Crippen molar-refractivity contribution in [2.24, 2.45) is 0 Å². The third kappa shape index (κ3) is 56.2. The Kier molecular flexibility index (Phi) is 79.5. The minimum Gasteiger partial charge on any atom is -0.507 e. The van der Waals surface area contributed by atoms with Crippen LogP contribution in [0.15, 0.2) is 190 Å². The molecule has 0 aliphatic heterocycles. The SMILES string of the molecule is C=CCCl.C=CCOc1cc(Br)c(OCC=C)cc1Br.C=CCOc1cc(Br)c(OCC=C)cc1Br.CCCOc1cc(Br)c(OCC[Si](OC)(OC)OC)cc1Br.CCCOc1cc(Br)c(OCC[Si](OC)(OC)OC)cc1Br.CCN(CC)CC.CO[SiH](OC)OC.CO[Si](CCOc1cc(Br)c(OCC[Si](C)(C)C)cc1Br)(OC)OC.Oc1cc(Br)c(O)cc1Br. The zero-order valence-corrected chi connectivity index (χ0v) is 102. The molecule has 6 aromatic carbocycles. The number of ether oxygens (including phenoxy) is 10. The molecule has 25 nitrogen and oxygen atoms in total. The van der Waals surface area contributed by atoms with Gasteiger partial charge < -0.3 is 116 Å². The van der Waals surface area contributed by atoms with Crippen LogP contribution in [0.5, 0.6) is 69.0 Å². The van der Waals surface area contributed by atoms with Gasteiger partial charge in [0.05, 0.1) is 111 Å². The van der Waals surface area contributed by atoms with Crippen molar-refractivity contribution in [2.45, 2.75) is 91.3 Å². The summed E-state index contributed by atoms with van der Waals surface area (Å²) in [4.78, 5) is 2.38. The molecular weight excluding hydrogens is 2570 g/mol. The van der Waals surface area contributed by atoms with Gasteiger partial charge in [-0.3, -0.25) is 0 Å². The summed E-state index contributed by atoms with van der Waals surface area (Å²) in [6.45, 7) is 44.3. The topological polar surface area (TPSA) is 247 Å². The highest BCUT2D eigenvalue weighted by Gasteiger charge is 2.40. The van der Waals surface area contributed by atoms with Gasteiger partial charge in [0.2, 0.25) is 0 Å². The van der Waals surface area contributed by atoms with Crippen molar-refractivity contribution in [3.05, 3.63) is 190 Å². The number of alkyl halides is 1. The number of nitrogens with zero attached hydrogens (tertiary/aromatic N) is 1. The first-order valence-electron chi connectivity index (χ1n) is 39.8. The zero-order chi connectivity index (χ0) is 98.7. The van der Waals surface area contributed by atoms with Gasteiger partial charge in [0.1, 0.15) is 95.4 Å². The maximum absolute atomic E-state index is 9.04. The van der Waals surface area contributed by atoms with E-state index in [4.69, 9.17) is 122 Å². The Balaban J connectivity index is -0.00000144. The van der Waals surface area contributed by atoms with Gasteiger partial charge >= 0.3 is 35.9 Å². The van der Waals surface area contributed by atoms with Crippen LogP contribution in [0.2, 0.25) is 43.8 Å². The largest absolute Gasteiger partial charge is 0.507 e. The van der Waals surface area contributed by atoms with E-state index in [0.29, 0.717) is 92.4 Å². The lowest BCUT2D eigenvalue weighted by molar-refractivity contribution is 0.117. The number of allylic oxidation sites excluding steroid dienone is 1. The average molecular weight is 2700 g/mol. The van der Waals surface area contributed by atoms with Crippen LogP contribution < -0.4 is 47.4 Å². The molecule has 0 amide bonds. The molecule has 0 aromatic heterocycles. The van der Waals surface area contributed by atoms with Crippen LogP contribution in [0, 0.1) is 0 Å². The first-order chi connectivity index (χ1) is 61.3. The molecule has 0 bridgehead atoms. The summed E-state index contributed by atoms with van der Waals surface area (Å²) in [5.74, 6) is 8.32. The van der Waals surface area contributed by atoms with Crippen LogP contribution in [0.1, 0.15) is 47.5 Å². The molecule has 0 heterocycles. The third-order valence-electron chi connectivity index (χ3n) is 16.2. The van der Waals surface area contributed by atoms with Crippen molar-refractivity contribution >= 4 is 247 Å². The monoisotopic (exact) mass is 2680 g/mol. The summed E-state index contributed by atoms with van der Waals surface area (Å²) in [5.41, 5.74) is 0. The summed E-state index contributed by atoms with van der Waals surface area (Å²) in [6, 6.07) is 24.4. The Labute approximate surface area is 879 Å². The Morgan fingerprint density at radius 2 is 0.473 bits per heavy atom. The fourth-order valence-electron chi connectivity index (χ4n) is 9.16. The molecule has 0 unspecified atom stereocenters. The molecule has 734 valence electrons. The van der Waals surface area contributed by atoms with E-state index in [1.54, 1.807) is 116 Å². The molecule has 0 spiro atoms. The second-order valence-electron chi connectivity index (χ2n) is 26.3. The van der Waals surface area contributed by atoms with E-state index in [1.165, 1.54) is 31.8 Å².